The van der Waals surface area contributed by atoms with E-state index in [0.29, 0.717) is 32.6 Å². The molecule has 0 spiro atoms. The van der Waals surface area contributed by atoms with Crippen LogP contribution < -0.4 is 4.90 Å². The van der Waals surface area contributed by atoms with Crippen LogP contribution in [0, 0.1) is 16.0 Å². The molecule has 8 heteroatoms. The first-order chi connectivity index (χ1) is 10.4. The predicted molar refractivity (Wildman–Crippen MR) is 84.4 cm³/mol. The van der Waals surface area contributed by atoms with Crippen LogP contribution in [0.3, 0.4) is 0 Å². The van der Waals surface area contributed by atoms with E-state index in [1.165, 1.54) is 12.1 Å². The van der Waals surface area contributed by atoms with Gasteiger partial charge in [0, 0.05) is 44.0 Å². The minimum absolute atomic E-state index is 0.0216. The van der Waals surface area contributed by atoms with E-state index in [1.54, 1.807) is 17.0 Å². The SMILES string of the molecule is O=C([C@H]1CC1(Cl)Cl)N1CCN(c2ccc([N+](=O)[O-])cc2)CC1. The number of nitro benzene ring substituents is 1. The number of alkyl halides is 2. The van der Waals surface area contributed by atoms with Crippen molar-refractivity contribution >= 4 is 40.5 Å². The smallest absolute Gasteiger partial charge is 0.269 e. The quantitative estimate of drug-likeness (QED) is 0.480. The van der Waals surface area contributed by atoms with Crippen molar-refractivity contribution in [2.24, 2.45) is 5.92 Å². The number of non-ortho nitro benzene ring substituents is 1. The molecule has 1 aliphatic carbocycles. The molecule has 1 aromatic carbocycles. The number of carbonyl (C=O) groups is 1. The Kier molecular flexibility index (Phi) is 3.91. The van der Waals surface area contributed by atoms with Gasteiger partial charge in [-0.05, 0) is 18.6 Å². The first kappa shape index (κ1) is 15.4. The highest BCUT2D eigenvalue weighted by Crippen LogP contribution is 2.53. The maximum atomic E-state index is 12.2. The number of piperazine rings is 1. The first-order valence-corrected chi connectivity index (χ1v) is 7.80. The summed E-state index contributed by atoms with van der Waals surface area (Å²) < 4.78 is -0.882. The van der Waals surface area contributed by atoms with Crippen LogP contribution in [0.15, 0.2) is 24.3 Å². The lowest BCUT2D eigenvalue weighted by Gasteiger charge is -2.36. The zero-order valence-electron chi connectivity index (χ0n) is 11.7. The zero-order valence-corrected chi connectivity index (χ0v) is 13.3. The van der Waals surface area contributed by atoms with E-state index in [9.17, 15) is 14.9 Å². The number of halogens is 2. The van der Waals surface area contributed by atoms with Gasteiger partial charge in [-0.3, -0.25) is 14.9 Å². The molecular weight excluding hydrogens is 329 g/mol. The molecule has 1 amide bonds. The number of amides is 1. The van der Waals surface area contributed by atoms with Crippen molar-refractivity contribution in [1.29, 1.82) is 0 Å². The topological polar surface area (TPSA) is 66.7 Å². The van der Waals surface area contributed by atoms with Gasteiger partial charge in [0.1, 0.15) is 4.33 Å². The highest BCUT2D eigenvalue weighted by Gasteiger charge is 2.57. The third kappa shape index (κ3) is 2.98. The molecular formula is C14H15Cl2N3O3. The number of carbonyl (C=O) groups excluding carboxylic acids is 1. The summed E-state index contributed by atoms with van der Waals surface area (Å²) in [5, 5.41) is 10.7. The van der Waals surface area contributed by atoms with Crippen molar-refractivity contribution in [3.05, 3.63) is 34.4 Å². The number of nitro groups is 1. The summed E-state index contributed by atoms with van der Waals surface area (Å²) in [7, 11) is 0. The van der Waals surface area contributed by atoms with E-state index in [1.807, 2.05) is 0 Å². The molecule has 1 saturated carbocycles. The second-order valence-corrected chi connectivity index (χ2v) is 7.15. The minimum atomic E-state index is -0.882. The number of rotatable bonds is 3. The average Bonchev–Trinajstić information content (AvgIpc) is 3.15. The third-order valence-corrected chi connectivity index (χ3v) is 4.98. The molecule has 2 fully saturated rings. The maximum absolute atomic E-state index is 12.2. The normalized spacial score (nSPS) is 23.3. The molecule has 3 rings (SSSR count). The van der Waals surface area contributed by atoms with Crippen molar-refractivity contribution in [3.63, 3.8) is 0 Å². The molecule has 1 aromatic rings. The number of nitrogens with zero attached hydrogens (tertiary/aromatic N) is 3. The van der Waals surface area contributed by atoms with E-state index >= 15 is 0 Å². The van der Waals surface area contributed by atoms with Crippen molar-refractivity contribution in [2.75, 3.05) is 31.1 Å². The molecule has 0 bridgehead atoms. The molecule has 1 atom stereocenters. The first-order valence-electron chi connectivity index (χ1n) is 7.04. The Morgan fingerprint density at radius 2 is 1.73 bits per heavy atom. The Hall–Kier alpha value is -1.53. The highest BCUT2D eigenvalue weighted by atomic mass is 35.5. The molecule has 6 nitrogen and oxygen atoms in total. The van der Waals surface area contributed by atoms with Crippen LogP contribution in [0.25, 0.3) is 0 Å². The standard InChI is InChI=1S/C14H15Cl2N3O3/c15-14(16)9-12(14)13(20)18-7-5-17(6-8-18)10-1-3-11(4-2-10)19(21)22/h1-4,12H,5-9H2/t12-/m1/s1. The highest BCUT2D eigenvalue weighted by molar-refractivity contribution is 6.52. The van der Waals surface area contributed by atoms with Gasteiger partial charge in [-0.2, -0.15) is 0 Å². The second kappa shape index (κ2) is 5.59. The average molecular weight is 344 g/mol. The third-order valence-electron chi connectivity index (χ3n) is 4.14. The van der Waals surface area contributed by atoms with Gasteiger partial charge in [0.05, 0.1) is 10.8 Å². The van der Waals surface area contributed by atoms with Gasteiger partial charge >= 0.3 is 0 Å². The molecule has 0 N–H and O–H groups in total. The summed E-state index contributed by atoms with van der Waals surface area (Å²) in [5.41, 5.74) is 1.00. The molecule has 22 heavy (non-hydrogen) atoms. The van der Waals surface area contributed by atoms with Crippen LogP contribution in [-0.4, -0.2) is 46.2 Å². The zero-order chi connectivity index (χ0) is 15.9. The fourth-order valence-corrected chi connectivity index (χ4v) is 3.17. The van der Waals surface area contributed by atoms with Crippen molar-refractivity contribution < 1.29 is 9.72 Å². The summed E-state index contributed by atoms with van der Waals surface area (Å²) >= 11 is 11.9. The van der Waals surface area contributed by atoms with Crippen LogP contribution in [0.4, 0.5) is 11.4 Å². The number of benzene rings is 1. The van der Waals surface area contributed by atoms with E-state index < -0.39 is 9.26 Å². The fourth-order valence-electron chi connectivity index (χ4n) is 2.67. The number of anilines is 1. The molecule has 1 aliphatic heterocycles. The lowest BCUT2D eigenvalue weighted by atomic mass is 10.2. The van der Waals surface area contributed by atoms with Gasteiger partial charge in [0.15, 0.2) is 0 Å². The predicted octanol–water partition coefficient (Wildman–Crippen LogP) is 2.44. The lowest BCUT2D eigenvalue weighted by molar-refractivity contribution is -0.384. The van der Waals surface area contributed by atoms with E-state index in [4.69, 9.17) is 23.2 Å². The molecule has 0 radical (unpaired) electrons. The van der Waals surface area contributed by atoms with Gasteiger partial charge in [-0.1, -0.05) is 0 Å². The van der Waals surface area contributed by atoms with Gasteiger partial charge in [0.2, 0.25) is 5.91 Å². The molecule has 2 aliphatic rings. The summed E-state index contributed by atoms with van der Waals surface area (Å²) in [6.45, 7) is 2.59. The Morgan fingerprint density at radius 3 is 2.18 bits per heavy atom. The number of hydrogen-bond acceptors (Lipinski definition) is 4. The Bertz CT molecular complexity index is 598. The Morgan fingerprint density at radius 1 is 1.18 bits per heavy atom. The van der Waals surface area contributed by atoms with Crippen LogP contribution in [-0.2, 0) is 4.79 Å². The van der Waals surface area contributed by atoms with Crippen molar-refractivity contribution in [3.8, 4) is 0 Å². The van der Waals surface area contributed by atoms with Gasteiger partial charge in [-0.15, -0.1) is 23.2 Å². The van der Waals surface area contributed by atoms with E-state index in [-0.39, 0.29) is 17.5 Å². The van der Waals surface area contributed by atoms with E-state index in [0.717, 1.165) is 5.69 Å². The molecule has 118 valence electrons. The van der Waals surface area contributed by atoms with Crippen molar-refractivity contribution in [2.45, 2.75) is 10.8 Å². The summed E-state index contributed by atoms with van der Waals surface area (Å²) in [6.07, 6.45) is 0.525. The second-order valence-electron chi connectivity index (χ2n) is 5.60. The molecule has 0 unspecified atom stereocenters. The molecule has 1 saturated heterocycles. The molecule has 1 heterocycles. The monoisotopic (exact) mass is 343 g/mol. The minimum Gasteiger partial charge on any atom is -0.368 e. The van der Waals surface area contributed by atoms with Crippen LogP contribution in [0.5, 0.6) is 0 Å². The van der Waals surface area contributed by atoms with Crippen LogP contribution in [0.2, 0.25) is 0 Å². The summed E-state index contributed by atoms with van der Waals surface area (Å²) in [6, 6.07) is 6.46. The van der Waals surface area contributed by atoms with Crippen LogP contribution >= 0.6 is 23.2 Å². The van der Waals surface area contributed by atoms with Gasteiger partial charge < -0.3 is 9.80 Å². The Labute approximate surface area is 137 Å². The fraction of sp³-hybridized carbons (Fsp3) is 0.500. The summed E-state index contributed by atoms with van der Waals surface area (Å²) in [4.78, 5) is 26.3. The maximum Gasteiger partial charge on any atom is 0.269 e. The van der Waals surface area contributed by atoms with Gasteiger partial charge in [0.25, 0.3) is 5.69 Å². The number of hydrogen-bond donors (Lipinski definition) is 0. The van der Waals surface area contributed by atoms with Gasteiger partial charge in [-0.25, -0.2) is 0 Å². The largest absolute Gasteiger partial charge is 0.368 e. The Balaban J connectivity index is 1.57. The van der Waals surface area contributed by atoms with Crippen LogP contribution in [0.1, 0.15) is 6.42 Å². The van der Waals surface area contributed by atoms with E-state index in [2.05, 4.69) is 4.90 Å². The summed E-state index contributed by atoms with van der Waals surface area (Å²) in [5.74, 6) is -0.255. The molecule has 0 aromatic heterocycles. The lowest BCUT2D eigenvalue weighted by Crippen LogP contribution is -2.49. The van der Waals surface area contributed by atoms with Crippen molar-refractivity contribution in [1.82, 2.24) is 4.90 Å².